The quantitative estimate of drug-likeness (QED) is 0.407. The van der Waals surface area contributed by atoms with E-state index in [1.54, 1.807) is 13.8 Å². The van der Waals surface area contributed by atoms with Crippen molar-refractivity contribution in [3.8, 4) is 0 Å². The van der Waals surface area contributed by atoms with E-state index in [1.165, 1.54) is 22.5 Å². The lowest BCUT2D eigenvalue weighted by molar-refractivity contribution is -0.384. The molecule has 0 heterocycles. The predicted molar refractivity (Wildman–Crippen MR) is 101 cm³/mol. The Morgan fingerprint density at radius 2 is 1.82 bits per heavy atom. The minimum atomic E-state index is -3.86. The minimum Gasteiger partial charge on any atom is -0.272 e. The molecule has 28 heavy (non-hydrogen) atoms. The van der Waals surface area contributed by atoms with Crippen LogP contribution in [0.1, 0.15) is 19.4 Å². The van der Waals surface area contributed by atoms with Crippen LogP contribution in [0.25, 0.3) is 0 Å². The van der Waals surface area contributed by atoms with Crippen LogP contribution in [0.3, 0.4) is 0 Å². The van der Waals surface area contributed by atoms with Gasteiger partial charge < -0.3 is 0 Å². The smallest absolute Gasteiger partial charge is 0.272 e. The largest absolute Gasteiger partial charge is 0.295 e. The Morgan fingerprint density at radius 3 is 2.39 bits per heavy atom. The second-order valence-electron chi connectivity index (χ2n) is 5.57. The van der Waals surface area contributed by atoms with Gasteiger partial charge in [-0.1, -0.05) is 19.9 Å². The summed E-state index contributed by atoms with van der Waals surface area (Å²) in [5.41, 5.74) is 2.10. The van der Waals surface area contributed by atoms with E-state index in [9.17, 15) is 27.3 Å². The number of hydrogen-bond acceptors (Lipinski definition) is 6. The van der Waals surface area contributed by atoms with Crippen molar-refractivity contribution in [1.29, 1.82) is 0 Å². The van der Waals surface area contributed by atoms with Crippen molar-refractivity contribution in [2.45, 2.75) is 18.7 Å². The molecule has 11 heteroatoms. The van der Waals surface area contributed by atoms with Gasteiger partial charge in [-0.25, -0.2) is 17.2 Å². The van der Waals surface area contributed by atoms with Gasteiger partial charge in [0, 0.05) is 19.2 Å². The first-order valence-corrected chi connectivity index (χ1v) is 9.67. The van der Waals surface area contributed by atoms with Crippen LogP contribution in [0.15, 0.2) is 46.4 Å². The number of nitro benzene ring substituents is 1. The number of rotatable bonds is 8. The highest BCUT2D eigenvalue weighted by molar-refractivity contribution is 7.89. The summed E-state index contributed by atoms with van der Waals surface area (Å²) in [5, 5.41) is 15.1. The van der Waals surface area contributed by atoms with E-state index < -0.39 is 32.3 Å². The maximum Gasteiger partial charge on any atom is 0.295 e. The molecule has 8 nitrogen and oxygen atoms in total. The molecule has 2 aromatic rings. The first-order valence-electron chi connectivity index (χ1n) is 8.23. The summed E-state index contributed by atoms with van der Waals surface area (Å²) in [6, 6.07) is 6.51. The van der Waals surface area contributed by atoms with Gasteiger partial charge in [0.05, 0.1) is 16.0 Å². The van der Waals surface area contributed by atoms with Gasteiger partial charge >= 0.3 is 0 Å². The van der Waals surface area contributed by atoms with Crippen molar-refractivity contribution in [3.63, 3.8) is 0 Å². The third-order valence-corrected chi connectivity index (χ3v) is 5.90. The lowest BCUT2D eigenvalue weighted by Crippen LogP contribution is -2.30. The second kappa shape index (κ2) is 8.85. The summed E-state index contributed by atoms with van der Waals surface area (Å²) in [7, 11) is -3.86. The van der Waals surface area contributed by atoms with E-state index in [0.29, 0.717) is 0 Å². The maximum absolute atomic E-state index is 13.2. The molecule has 0 spiro atoms. The standard InChI is InChI=1S/C17H18F2N4O4S/c1-3-22(4-2)28(26,27)13-6-8-16(17(10-13)23(24)25)21-20-11-12-5-7-14(18)15(19)9-12/h5-11,21H,3-4H2,1-2H3/b20-11+. The van der Waals surface area contributed by atoms with Gasteiger partial charge in [-0.05, 0) is 29.8 Å². The van der Waals surface area contributed by atoms with E-state index in [4.69, 9.17) is 0 Å². The van der Waals surface area contributed by atoms with Crippen LogP contribution in [0.5, 0.6) is 0 Å². The molecule has 0 aromatic heterocycles. The van der Waals surface area contributed by atoms with Gasteiger partial charge in [-0.15, -0.1) is 0 Å². The molecule has 0 saturated carbocycles. The van der Waals surface area contributed by atoms with Crippen LogP contribution in [0.2, 0.25) is 0 Å². The highest BCUT2D eigenvalue weighted by Gasteiger charge is 2.25. The lowest BCUT2D eigenvalue weighted by atomic mass is 10.2. The van der Waals surface area contributed by atoms with E-state index >= 15 is 0 Å². The number of nitrogens with zero attached hydrogens (tertiary/aromatic N) is 3. The molecule has 1 N–H and O–H groups in total. The Labute approximate surface area is 160 Å². The van der Waals surface area contributed by atoms with E-state index in [1.807, 2.05) is 0 Å². The fourth-order valence-electron chi connectivity index (χ4n) is 2.40. The number of nitrogens with one attached hydrogen (secondary N) is 1. The van der Waals surface area contributed by atoms with Crippen molar-refractivity contribution in [3.05, 3.63) is 63.7 Å². The molecular formula is C17H18F2N4O4S. The van der Waals surface area contributed by atoms with Gasteiger partial charge in [-0.2, -0.15) is 9.41 Å². The minimum absolute atomic E-state index is 0.0534. The molecule has 0 atom stereocenters. The maximum atomic E-state index is 13.2. The molecule has 0 unspecified atom stereocenters. The molecule has 0 fully saturated rings. The van der Waals surface area contributed by atoms with Gasteiger partial charge in [0.2, 0.25) is 10.0 Å². The molecule has 2 aromatic carbocycles. The average Bonchev–Trinajstić information content (AvgIpc) is 2.65. The van der Waals surface area contributed by atoms with E-state index in [-0.39, 0.29) is 29.2 Å². The molecule has 150 valence electrons. The number of nitro groups is 1. The van der Waals surface area contributed by atoms with Gasteiger partial charge in [0.1, 0.15) is 5.69 Å². The zero-order chi connectivity index (χ0) is 20.9. The van der Waals surface area contributed by atoms with Crippen LogP contribution < -0.4 is 5.43 Å². The normalized spacial score (nSPS) is 11.9. The Morgan fingerprint density at radius 1 is 1.14 bits per heavy atom. The molecule has 2 rings (SSSR count). The fourth-order valence-corrected chi connectivity index (χ4v) is 3.88. The van der Waals surface area contributed by atoms with Gasteiger partial charge in [0.15, 0.2) is 11.6 Å². The van der Waals surface area contributed by atoms with Crippen molar-refractivity contribution in [1.82, 2.24) is 4.31 Å². The molecule has 0 aliphatic rings. The number of halogens is 2. The summed E-state index contributed by atoms with van der Waals surface area (Å²) in [6.45, 7) is 3.78. The van der Waals surface area contributed by atoms with Crippen LogP contribution in [0.4, 0.5) is 20.2 Å². The van der Waals surface area contributed by atoms with Crippen LogP contribution >= 0.6 is 0 Å². The molecule has 0 amide bonds. The average molecular weight is 412 g/mol. The predicted octanol–water partition coefficient (Wildman–Crippen LogP) is 3.35. The molecule has 0 saturated heterocycles. The second-order valence-corrected chi connectivity index (χ2v) is 7.51. The summed E-state index contributed by atoms with van der Waals surface area (Å²) in [6.07, 6.45) is 1.15. The third-order valence-electron chi connectivity index (χ3n) is 3.85. The van der Waals surface area contributed by atoms with Crippen molar-refractivity contribution in [2.75, 3.05) is 18.5 Å². The number of sulfonamides is 1. The highest BCUT2D eigenvalue weighted by Crippen LogP contribution is 2.29. The van der Waals surface area contributed by atoms with Crippen molar-refractivity contribution >= 4 is 27.6 Å². The fraction of sp³-hybridized carbons (Fsp3) is 0.235. The van der Waals surface area contributed by atoms with Gasteiger partial charge in [0.25, 0.3) is 5.69 Å². The van der Waals surface area contributed by atoms with Gasteiger partial charge in [-0.3, -0.25) is 15.5 Å². The van der Waals surface area contributed by atoms with Crippen molar-refractivity contribution < 1.29 is 22.1 Å². The SMILES string of the molecule is CCN(CC)S(=O)(=O)c1ccc(N/N=C/c2ccc(F)c(F)c2)c([N+](=O)[O-])c1. The highest BCUT2D eigenvalue weighted by atomic mass is 32.2. The molecule has 0 radical (unpaired) electrons. The Hall–Kier alpha value is -2.92. The topological polar surface area (TPSA) is 105 Å². The molecule has 0 aliphatic carbocycles. The monoisotopic (exact) mass is 412 g/mol. The number of hydrogen-bond donors (Lipinski definition) is 1. The van der Waals surface area contributed by atoms with Crippen LogP contribution in [0, 0.1) is 21.7 Å². The summed E-state index contributed by atoms with van der Waals surface area (Å²) >= 11 is 0. The molecule has 0 bridgehead atoms. The number of anilines is 1. The third kappa shape index (κ3) is 4.67. The summed E-state index contributed by atoms with van der Waals surface area (Å²) in [4.78, 5) is 10.4. The lowest BCUT2D eigenvalue weighted by Gasteiger charge is -2.18. The zero-order valence-electron chi connectivity index (χ0n) is 15.1. The Balaban J connectivity index is 2.31. The van der Waals surface area contributed by atoms with Crippen molar-refractivity contribution in [2.24, 2.45) is 5.10 Å². The summed E-state index contributed by atoms with van der Waals surface area (Å²) < 4.78 is 52.3. The first kappa shape index (κ1) is 21.4. The van der Waals surface area contributed by atoms with E-state index in [0.717, 1.165) is 24.4 Å². The van der Waals surface area contributed by atoms with E-state index in [2.05, 4.69) is 10.5 Å². The van der Waals surface area contributed by atoms with Crippen LogP contribution in [-0.2, 0) is 10.0 Å². The number of benzene rings is 2. The molecule has 0 aliphatic heterocycles. The first-order chi connectivity index (χ1) is 13.2. The molecular weight excluding hydrogens is 394 g/mol. The van der Waals surface area contributed by atoms with Crippen LogP contribution in [-0.4, -0.2) is 37.0 Å². The zero-order valence-corrected chi connectivity index (χ0v) is 15.9. The number of hydrazone groups is 1. The Kier molecular flexibility index (Phi) is 6.75. The Bertz CT molecular complexity index is 1010. The summed E-state index contributed by atoms with van der Waals surface area (Å²) in [5.74, 6) is -2.06.